The minimum Gasteiger partial charge on any atom is -0.345 e. The number of amides is 2. The van der Waals surface area contributed by atoms with Gasteiger partial charge < -0.3 is 10.6 Å². The summed E-state index contributed by atoms with van der Waals surface area (Å²) in [5.41, 5.74) is 2.45. The molecule has 0 aliphatic heterocycles. The molecule has 0 fully saturated rings. The Balaban J connectivity index is 1.60. The second kappa shape index (κ2) is 12.6. The van der Waals surface area contributed by atoms with Crippen LogP contribution in [0.4, 0.5) is 11.4 Å². The summed E-state index contributed by atoms with van der Waals surface area (Å²) in [5.74, 6) is -1.04. The normalized spacial score (nSPS) is 11.9. The Morgan fingerprint density at radius 1 is 0.850 bits per heavy atom. The summed E-state index contributed by atoms with van der Waals surface area (Å²) in [5, 5.41) is 6.01. The lowest BCUT2D eigenvalue weighted by Crippen LogP contribution is -2.38. The zero-order valence-corrected chi connectivity index (χ0v) is 24.1. The van der Waals surface area contributed by atoms with Gasteiger partial charge in [-0.05, 0) is 61.9 Å². The van der Waals surface area contributed by atoms with Crippen molar-refractivity contribution in [2.75, 3.05) is 16.2 Å². The second-order valence-corrected chi connectivity index (χ2v) is 11.8. The van der Waals surface area contributed by atoms with E-state index in [-0.39, 0.29) is 43.8 Å². The first-order valence-electron chi connectivity index (χ1n) is 12.4. The van der Waals surface area contributed by atoms with Crippen LogP contribution in [-0.4, -0.2) is 26.8 Å². The molecule has 0 spiro atoms. The second-order valence-electron chi connectivity index (χ2n) is 9.12. The molecule has 0 aliphatic rings. The first-order valence-corrected chi connectivity index (χ1v) is 14.5. The quantitative estimate of drug-likeness (QED) is 0.227. The number of para-hydroxylation sites is 1. The molecule has 4 aromatic rings. The molecule has 7 nitrogen and oxygen atoms in total. The van der Waals surface area contributed by atoms with E-state index in [1.54, 1.807) is 36.4 Å². The molecule has 0 radical (unpaired) electrons. The summed E-state index contributed by atoms with van der Waals surface area (Å²) in [6.07, 6.45) is 0. The van der Waals surface area contributed by atoms with Gasteiger partial charge >= 0.3 is 0 Å². The maximum absolute atomic E-state index is 13.7. The zero-order chi connectivity index (χ0) is 28.9. The molecule has 2 N–H and O–H groups in total. The van der Waals surface area contributed by atoms with E-state index in [0.29, 0.717) is 0 Å². The van der Waals surface area contributed by atoms with Crippen LogP contribution in [0.3, 0.4) is 0 Å². The monoisotopic (exact) mass is 595 g/mol. The molecule has 1 atom stereocenters. The lowest BCUT2D eigenvalue weighted by Gasteiger charge is -2.25. The average molecular weight is 597 g/mol. The molecule has 40 heavy (non-hydrogen) atoms. The molecule has 0 aliphatic carbocycles. The van der Waals surface area contributed by atoms with Crippen molar-refractivity contribution in [2.45, 2.75) is 24.8 Å². The summed E-state index contributed by atoms with van der Waals surface area (Å²) >= 11 is 12.2. The number of carbonyl (C=O) groups excluding carboxylic acids is 2. The molecule has 0 saturated heterocycles. The van der Waals surface area contributed by atoms with Crippen LogP contribution in [0.15, 0.2) is 102 Å². The summed E-state index contributed by atoms with van der Waals surface area (Å²) in [6.45, 7) is 3.12. The Hall–Kier alpha value is -3.85. The lowest BCUT2D eigenvalue weighted by atomic mass is 10.1. The van der Waals surface area contributed by atoms with E-state index >= 15 is 0 Å². The van der Waals surface area contributed by atoms with Crippen LogP contribution in [0, 0.1) is 6.92 Å². The Kier molecular flexibility index (Phi) is 9.14. The number of anilines is 2. The molecule has 4 aromatic carbocycles. The molecule has 10 heteroatoms. The summed E-state index contributed by atoms with van der Waals surface area (Å²) in [6, 6.07) is 26.3. The average Bonchev–Trinajstić information content (AvgIpc) is 2.94. The number of benzene rings is 4. The number of carbonyl (C=O) groups is 2. The van der Waals surface area contributed by atoms with Crippen molar-refractivity contribution in [1.82, 2.24) is 5.32 Å². The van der Waals surface area contributed by atoms with Crippen molar-refractivity contribution in [2.24, 2.45) is 0 Å². The third kappa shape index (κ3) is 6.83. The van der Waals surface area contributed by atoms with Gasteiger partial charge in [-0.1, -0.05) is 83.4 Å². The number of halogens is 2. The number of rotatable bonds is 9. The smallest absolute Gasteiger partial charge is 0.264 e. The van der Waals surface area contributed by atoms with Crippen molar-refractivity contribution in [3.63, 3.8) is 0 Å². The topological polar surface area (TPSA) is 95.6 Å². The van der Waals surface area contributed by atoms with Crippen molar-refractivity contribution in [3.05, 3.63) is 124 Å². The predicted octanol–water partition coefficient (Wildman–Crippen LogP) is 6.63. The van der Waals surface area contributed by atoms with Gasteiger partial charge in [0.25, 0.3) is 15.9 Å². The standard InChI is InChI=1S/C30H27Cl2N3O4S/c1-20-12-15-24(16-13-20)40(38,39)35(23-14-17-26(31)27(32)18-23)19-29(36)34-28-11-7-6-10-25(28)30(37)33-21(2)22-8-4-3-5-9-22/h3-18,21H,19H2,1-2H3,(H,33,37)(H,34,36)/t21-/m1/s1. The molecule has 2 amide bonds. The van der Waals surface area contributed by atoms with E-state index in [1.165, 1.54) is 30.3 Å². The fourth-order valence-corrected chi connectivity index (χ4v) is 5.71. The number of sulfonamides is 1. The van der Waals surface area contributed by atoms with E-state index < -0.39 is 22.5 Å². The molecular formula is C30H27Cl2N3O4S. The Morgan fingerprint density at radius 2 is 1.50 bits per heavy atom. The predicted molar refractivity (Wildman–Crippen MR) is 160 cm³/mol. The van der Waals surface area contributed by atoms with Crippen molar-refractivity contribution >= 4 is 56.4 Å². The van der Waals surface area contributed by atoms with Gasteiger partial charge in [0, 0.05) is 0 Å². The van der Waals surface area contributed by atoms with Crippen molar-refractivity contribution < 1.29 is 18.0 Å². The highest BCUT2D eigenvalue weighted by atomic mass is 35.5. The van der Waals surface area contributed by atoms with E-state index in [4.69, 9.17) is 23.2 Å². The SMILES string of the molecule is Cc1ccc(S(=O)(=O)N(CC(=O)Nc2ccccc2C(=O)N[C@H](C)c2ccccc2)c2ccc(Cl)c(Cl)c2)cc1. The number of hydrogen-bond acceptors (Lipinski definition) is 4. The zero-order valence-electron chi connectivity index (χ0n) is 21.8. The minimum atomic E-state index is -4.17. The molecule has 206 valence electrons. The molecule has 4 rings (SSSR count). The first kappa shape index (κ1) is 29.1. The lowest BCUT2D eigenvalue weighted by molar-refractivity contribution is -0.114. The Morgan fingerprint density at radius 3 is 2.17 bits per heavy atom. The van der Waals surface area contributed by atoms with E-state index in [1.807, 2.05) is 44.2 Å². The fourth-order valence-electron chi connectivity index (χ4n) is 4.00. The Labute approximate surface area is 243 Å². The number of nitrogens with one attached hydrogen (secondary N) is 2. The Bertz CT molecular complexity index is 1630. The summed E-state index contributed by atoms with van der Waals surface area (Å²) in [7, 11) is -4.17. The van der Waals surface area contributed by atoms with Gasteiger partial charge in [0.05, 0.1) is 37.9 Å². The number of aryl methyl sites for hydroxylation is 1. The van der Waals surface area contributed by atoms with E-state index in [0.717, 1.165) is 15.4 Å². The molecule has 0 unspecified atom stereocenters. The van der Waals surface area contributed by atoms with Gasteiger partial charge in [0.2, 0.25) is 5.91 Å². The van der Waals surface area contributed by atoms with E-state index in [2.05, 4.69) is 10.6 Å². The maximum atomic E-state index is 13.7. The number of nitrogens with zero attached hydrogens (tertiary/aromatic N) is 1. The van der Waals surface area contributed by atoms with Crippen molar-refractivity contribution in [3.8, 4) is 0 Å². The molecule has 0 aromatic heterocycles. The van der Waals surface area contributed by atoms with Gasteiger partial charge in [-0.15, -0.1) is 0 Å². The largest absolute Gasteiger partial charge is 0.345 e. The van der Waals surface area contributed by atoms with Crippen LogP contribution in [0.2, 0.25) is 10.0 Å². The van der Waals surface area contributed by atoms with Gasteiger partial charge in [0.1, 0.15) is 6.54 Å². The third-order valence-corrected chi connectivity index (χ3v) is 8.71. The number of hydrogen-bond donors (Lipinski definition) is 2. The van der Waals surface area contributed by atoms with Crippen LogP contribution >= 0.6 is 23.2 Å². The van der Waals surface area contributed by atoms with Crippen LogP contribution < -0.4 is 14.9 Å². The van der Waals surface area contributed by atoms with Gasteiger partial charge in [0.15, 0.2) is 0 Å². The minimum absolute atomic E-state index is 0.00616. The maximum Gasteiger partial charge on any atom is 0.264 e. The third-order valence-electron chi connectivity index (χ3n) is 6.18. The molecular weight excluding hydrogens is 569 g/mol. The summed E-state index contributed by atoms with van der Waals surface area (Å²) < 4.78 is 28.3. The van der Waals surface area contributed by atoms with Crippen LogP contribution in [0.1, 0.15) is 34.5 Å². The van der Waals surface area contributed by atoms with Gasteiger partial charge in [-0.25, -0.2) is 8.42 Å². The van der Waals surface area contributed by atoms with E-state index in [9.17, 15) is 18.0 Å². The summed E-state index contributed by atoms with van der Waals surface area (Å²) in [4.78, 5) is 26.4. The fraction of sp³-hybridized carbons (Fsp3) is 0.133. The molecule has 0 bridgehead atoms. The first-order chi connectivity index (χ1) is 19.1. The van der Waals surface area contributed by atoms with Crippen LogP contribution in [-0.2, 0) is 14.8 Å². The van der Waals surface area contributed by atoms with Crippen LogP contribution in [0.5, 0.6) is 0 Å². The molecule has 0 heterocycles. The van der Waals surface area contributed by atoms with Crippen LogP contribution in [0.25, 0.3) is 0 Å². The molecule has 0 saturated carbocycles. The highest BCUT2D eigenvalue weighted by molar-refractivity contribution is 7.92. The van der Waals surface area contributed by atoms with Gasteiger partial charge in [-0.3, -0.25) is 13.9 Å². The van der Waals surface area contributed by atoms with Crippen molar-refractivity contribution in [1.29, 1.82) is 0 Å². The highest BCUT2D eigenvalue weighted by Crippen LogP contribution is 2.31. The highest BCUT2D eigenvalue weighted by Gasteiger charge is 2.28. The van der Waals surface area contributed by atoms with Gasteiger partial charge in [-0.2, -0.15) is 0 Å².